The SMILES string of the molecule is CCCCCCCCCCCC(=O)OC(CCCCCCCCCC)CSCC(CCCCCCCCCC)OC(=O)CCCCCCCCCCC. The van der Waals surface area contributed by atoms with E-state index in [0.717, 1.165) is 62.9 Å². The number of esters is 2. The molecular formula is C48H94O4S. The molecule has 0 heterocycles. The minimum Gasteiger partial charge on any atom is -0.461 e. The zero-order chi connectivity index (χ0) is 38.7. The molecule has 316 valence electrons. The van der Waals surface area contributed by atoms with Crippen LogP contribution in [0.2, 0.25) is 0 Å². The molecule has 53 heavy (non-hydrogen) atoms. The van der Waals surface area contributed by atoms with Gasteiger partial charge in [-0.05, 0) is 38.5 Å². The molecule has 0 spiro atoms. The van der Waals surface area contributed by atoms with Crippen LogP contribution >= 0.6 is 11.8 Å². The second kappa shape index (κ2) is 44.0. The van der Waals surface area contributed by atoms with E-state index in [1.807, 2.05) is 11.8 Å². The van der Waals surface area contributed by atoms with Gasteiger partial charge in [-0.25, -0.2) is 0 Å². The van der Waals surface area contributed by atoms with Crippen molar-refractivity contribution in [1.82, 2.24) is 0 Å². The van der Waals surface area contributed by atoms with E-state index in [0.29, 0.717) is 12.8 Å². The Morgan fingerprint density at radius 1 is 0.340 bits per heavy atom. The van der Waals surface area contributed by atoms with Crippen molar-refractivity contribution in [2.45, 2.75) is 284 Å². The van der Waals surface area contributed by atoms with Crippen molar-refractivity contribution in [3.8, 4) is 0 Å². The van der Waals surface area contributed by atoms with Gasteiger partial charge >= 0.3 is 11.9 Å². The average molecular weight is 767 g/mol. The maximum atomic E-state index is 12.9. The molecule has 0 aliphatic heterocycles. The first-order valence-electron chi connectivity index (χ1n) is 24.0. The van der Waals surface area contributed by atoms with Crippen LogP contribution in [0.5, 0.6) is 0 Å². The normalized spacial score (nSPS) is 12.6. The number of carbonyl (C=O) groups excluding carboxylic acids is 2. The fourth-order valence-corrected chi connectivity index (χ4v) is 8.48. The summed E-state index contributed by atoms with van der Waals surface area (Å²) in [5, 5.41) is 0. The highest BCUT2D eigenvalue weighted by Crippen LogP contribution is 2.21. The third-order valence-corrected chi connectivity index (χ3v) is 12.1. The van der Waals surface area contributed by atoms with Crippen molar-refractivity contribution < 1.29 is 19.1 Å². The number of ether oxygens (including phenoxy) is 2. The van der Waals surface area contributed by atoms with E-state index >= 15 is 0 Å². The Morgan fingerprint density at radius 3 is 0.830 bits per heavy atom. The molecule has 0 aromatic rings. The summed E-state index contributed by atoms with van der Waals surface area (Å²) in [6, 6.07) is 0. The summed E-state index contributed by atoms with van der Waals surface area (Å²) in [5.74, 6) is 1.59. The van der Waals surface area contributed by atoms with Crippen LogP contribution in [0.4, 0.5) is 0 Å². The first-order chi connectivity index (χ1) is 26.1. The third kappa shape index (κ3) is 40.8. The first-order valence-corrected chi connectivity index (χ1v) is 25.2. The Morgan fingerprint density at radius 2 is 0.566 bits per heavy atom. The average Bonchev–Trinajstić information content (AvgIpc) is 3.15. The lowest BCUT2D eigenvalue weighted by molar-refractivity contribution is -0.149. The second-order valence-electron chi connectivity index (χ2n) is 16.4. The molecule has 0 fully saturated rings. The monoisotopic (exact) mass is 767 g/mol. The Kier molecular flexibility index (Phi) is 43.4. The molecule has 0 saturated carbocycles. The summed E-state index contributed by atoms with van der Waals surface area (Å²) in [4.78, 5) is 25.9. The lowest BCUT2D eigenvalue weighted by Gasteiger charge is -2.21. The molecule has 0 rings (SSSR count). The molecule has 2 atom stereocenters. The highest BCUT2D eigenvalue weighted by atomic mass is 32.2. The van der Waals surface area contributed by atoms with Gasteiger partial charge in [0.25, 0.3) is 0 Å². The van der Waals surface area contributed by atoms with E-state index in [9.17, 15) is 9.59 Å². The number of hydrogen-bond acceptors (Lipinski definition) is 5. The first kappa shape index (κ1) is 52.3. The molecule has 0 saturated heterocycles. The van der Waals surface area contributed by atoms with Crippen LogP contribution in [0, 0.1) is 0 Å². The molecule has 0 radical (unpaired) electrons. The van der Waals surface area contributed by atoms with Crippen molar-refractivity contribution in [2.75, 3.05) is 11.5 Å². The number of unbranched alkanes of at least 4 members (excludes halogenated alkanes) is 30. The molecule has 0 N–H and O–H groups in total. The smallest absolute Gasteiger partial charge is 0.306 e. The van der Waals surface area contributed by atoms with Crippen molar-refractivity contribution >= 4 is 23.7 Å². The van der Waals surface area contributed by atoms with Crippen molar-refractivity contribution in [3.63, 3.8) is 0 Å². The minimum absolute atomic E-state index is 0.0130. The van der Waals surface area contributed by atoms with Gasteiger partial charge in [-0.2, -0.15) is 11.8 Å². The van der Waals surface area contributed by atoms with E-state index in [-0.39, 0.29) is 24.1 Å². The van der Waals surface area contributed by atoms with Gasteiger partial charge in [0.1, 0.15) is 12.2 Å². The number of rotatable bonds is 44. The highest BCUT2D eigenvalue weighted by Gasteiger charge is 2.19. The molecule has 4 nitrogen and oxygen atoms in total. The van der Waals surface area contributed by atoms with Crippen molar-refractivity contribution in [1.29, 1.82) is 0 Å². The van der Waals surface area contributed by atoms with Gasteiger partial charge < -0.3 is 9.47 Å². The van der Waals surface area contributed by atoms with E-state index in [4.69, 9.17) is 9.47 Å². The maximum Gasteiger partial charge on any atom is 0.306 e. The number of carbonyl (C=O) groups is 2. The molecular weight excluding hydrogens is 673 g/mol. The van der Waals surface area contributed by atoms with Crippen LogP contribution < -0.4 is 0 Å². The van der Waals surface area contributed by atoms with Crippen LogP contribution in [0.25, 0.3) is 0 Å². The Hall–Kier alpha value is -0.710. The Bertz CT molecular complexity index is 683. The highest BCUT2D eigenvalue weighted by molar-refractivity contribution is 7.99. The summed E-state index contributed by atoms with van der Waals surface area (Å²) in [6.07, 6.45) is 46.1. The number of hydrogen-bond donors (Lipinski definition) is 0. The lowest BCUT2D eigenvalue weighted by Crippen LogP contribution is -2.24. The van der Waals surface area contributed by atoms with E-state index in [1.54, 1.807) is 0 Å². The van der Waals surface area contributed by atoms with Gasteiger partial charge in [-0.15, -0.1) is 0 Å². The fourth-order valence-electron chi connectivity index (χ4n) is 7.34. The number of thioether (sulfide) groups is 1. The maximum absolute atomic E-state index is 12.9. The lowest BCUT2D eigenvalue weighted by atomic mass is 10.1. The van der Waals surface area contributed by atoms with Crippen molar-refractivity contribution in [3.05, 3.63) is 0 Å². The second-order valence-corrected chi connectivity index (χ2v) is 17.5. The predicted molar refractivity (Wildman–Crippen MR) is 235 cm³/mol. The zero-order valence-corrected chi connectivity index (χ0v) is 37.3. The van der Waals surface area contributed by atoms with Gasteiger partial charge in [0.15, 0.2) is 0 Å². The zero-order valence-electron chi connectivity index (χ0n) is 36.5. The minimum atomic E-state index is -0.0346. The van der Waals surface area contributed by atoms with E-state index in [2.05, 4.69) is 27.7 Å². The Balaban J connectivity index is 4.85. The molecule has 0 aromatic carbocycles. The summed E-state index contributed by atoms with van der Waals surface area (Å²) in [5.41, 5.74) is 0. The molecule has 2 unspecified atom stereocenters. The van der Waals surface area contributed by atoms with Crippen LogP contribution in [-0.2, 0) is 19.1 Å². The van der Waals surface area contributed by atoms with Gasteiger partial charge in [-0.1, -0.05) is 220 Å². The largest absolute Gasteiger partial charge is 0.461 e. The molecule has 0 aliphatic carbocycles. The summed E-state index contributed by atoms with van der Waals surface area (Å²) < 4.78 is 12.3. The van der Waals surface area contributed by atoms with Crippen LogP contribution in [0.15, 0.2) is 0 Å². The van der Waals surface area contributed by atoms with E-state index < -0.39 is 0 Å². The van der Waals surface area contributed by atoms with Gasteiger partial charge in [0.05, 0.1) is 0 Å². The summed E-state index contributed by atoms with van der Waals surface area (Å²) in [6.45, 7) is 9.09. The fraction of sp³-hybridized carbons (Fsp3) is 0.958. The molecule has 0 bridgehead atoms. The van der Waals surface area contributed by atoms with Gasteiger partial charge in [-0.3, -0.25) is 9.59 Å². The molecule has 0 aromatic heterocycles. The third-order valence-electron chi connectivity index (χ3n) is 10.9. The molecule has 0 amide bonds. The van der Waals surface area contributed by atoms with Crippen LogP contribution in [0.3, 0.4) is 0 Å². The standard InChI is InChI=1S/C48H94O4S/c1-5-9-13-17-21-25-29-33-37-41-47(49)51-45(39-35-31-27-23-19-15-11-7-3)43-53-44-46(40-36-32-28-24-20-16-12-8-4)52-48(50)42-38-34-30-26-22-18-14-10-6-2/h45-46H,5-44H2,1-4H3. The summed E-state index contributed by atoms with van der Waals surface area (Å²) in [7, 11) is 0. The van der Waals surface area contributed by atoms with Crippen LogP contribution in [0.1, 0.15) is 272 Å². The molecule has 5 heteroatoms. The topological polar surface area (TPSA) is 52.6 Å². The van der Waals surface area contributed by atoms with Crippen molar-refractivity contribution in [2.24, 2.45) is 0 Å². The molecule has 0 aliphatic rings. The predicted octanol–water partition coefficient (Wildman–Crippen LogP) is 16.4. The Labute approximate surface area is 337 Å². The van der Waals surface area contributed by atoms with Crippen LogP contribution in [-0.4, -0.2) is 35.7 Å². The van der Waals surface area contributed by atoms with Gasteiger partial charge in [0, 0.05) is 24.3 Å². The van der Waals surface area contributed by atoms with Gasteiger partial charge in [0.2, 0.25) is 0 Å². The van der Waals surface area contributed by atoms with E-state index in [1.165, 1.54) is 180 Å². The quantitative estimate of drug-likeness (QED) is 0.0457. The summed E-state index contributed by atoms with van der Waals surface area (Å²) >= 11 is 1.84.